The smallest absolute Gasteiger partial charge is 0.325 e. The monoisotopic (exact) mass is 434 g/mol. The van der Waals surface area contributed by atoms with Gasteiger partial charge in [-0.1, -0.05) is 42.0 Å². The summed E-state index contributed by atoms with van der Waals surface area (Å²) < 4.78 is 5.30. The van der Waals surface area contributed by atoms with Gasteiger partial charge >= 0.3 is 6.03 Å². The van der Waals surface area contributed by atoms with Crippen molar-refractivity contribution in [2.45, 2.75) is 19.4 Å². The highest BCUT2D eigenvalue weighted by atomic mass is 16.5. The Morgan fingerprint density at radius 2 is 1.88 bits per heavy atom. The van der Waals surface area contributed by atoms with E-state index in [1.165, 1.54) is 0 Å². The zero-order valence-electron chi connectivity index (χ0n) is 17.8. The van der Waals surface area contributed by atoms with Crippen molar-refractivity contribution in [1.29, 1.82) is 0 Å². The average molecular weight is 434 g/mol. The molecule has 3 aromatic rings. The number of H-pyrrole nitrogens is 1. The number of anilines is 1. The van der Waals surface area contributed by atoms with E-state index in [0.29, 0.717) is 22.7 Å². The zero-order valence-corrected chi connectivity index (χ0v) is 17.8. The predicted octanol–water partition coefficient (Wildman–Crippen LogP) is 2.19. The van der Waals surface area contributed by atoms with Gasteiger partial charge in [-0.25, -0.2) is 4.79 Å². The van der Waals surface area contributed by atoms with E-state index in [0.717, 1.165) is 10.5 Å². The van der Waals surface area contributed by atoms with E-state index in [2.05, 4.69) is 25.8 Å². The van der Waals surface area contributed by atoms with E-state index in [-0.39, 0.29) is 5.95 Å². The Bertz CT molecular complexity index is 1190. The number of para-hydroxylation sites is 1. The number of urea groups is 1. The van der Waals surface area contributed by atoms with Crippen LogP contribution in [0.15, 0.2) is 48.5 Å². The minimum atomic E-state index is -1.24. The second-order valence-corrected chi connectivity index (χ2v) is 7.57. The van der Waals surface area contributed by atoms with Crippen molar-refractivity contribution in [2.24, 2.45) is 0 Å². The van der Waals surface area contributed by atoms with Gasteiger partial charge in [0.1, 0.15) is 17.8 Å². The topological polar surface area (TPSA) is 129 Å². The third-order valence-corrected chi connectivity index (χ3v) is 5.30. The molecule has 0 saturated carbocycles. The van der Waals surface area contributed by atoms with Crippen LogP contribution in [0.25, 0.3) is 11.4 Å². The standard InChI is InChI=1S/C22H22N6O4/c1-13-8-10-14(11-9-13)22(2)19(30)28(21(31)25-22)12-17(29)23-20-24-18(26-27-20)15-6-4-5-7-16(15)32-3/h4-11H,12H2,1-3H3,(H,25,31)(H2,23,24,26,27,29). The largest absolute Gasteiger partial charge is 0.496 e. The van der Waals surface area contributed by atoms with Gasteiger partial charge in [-0.3, -0.25) is 24.9 Å². The highest BCUT2D eigenvalue weighted by Crippen LogP contribution is 2.29. The lowest BCUT2D eigenvalue weighted by molar-refractivity contribution is -0.133. The molecule has 1 aromatic heterocycles. The summed E-state index contributed by atoms with van der Waals surface area (Å²) in [5, 5.41) is 11.9. The van der Waals surface area contributed by atoms with Crippen LogP contribution in [0.2, 0.25) is 0 Å². The molecule has 10 nitrogen and oxygen atoms in total. The fourth-order valence-electron chi connectivity index (χ4n) is 3.51. The molecule has 164 valence electrons. The lowest BCUT2D eigenvalue weighted by atomic mass is 9.91. The Balaban J connectivity index is 1.46. The molecule has 0 radical (unpaired) electrons. The lowest BCUT2D eigenvalue weighted by Crippen LogP contribution is -2.42. The highest BCUT2D eigenvalue weighted by Gasteiger charge is 2.49. The molecule has 4 rings (SSSR count). The first kappa shape index (κ1) is 21.0. The number of hydrogen-bond acceptors (Lipinski definition) is 6. The second kappa shape index (κ2) is 8.14. The maximum atomic E-state index is 13.0. The first-order chi connectivity index (χ1) is 15.3. The molecule has 0 spiro atoms. The third-order valence-electron chi connectivity index (χ3n) is 5.30. The molecule has 32 heavy (non-hydrogen) atoms. The number of aromatic amines is 1. The summed E-state index contributed by atoms with van der Waals surface area (Å²) in [5.41, 5.74) is 1.10. The van der Waals surface area contributed by atoms with Gasteiger partial charge in [0.05, 0.1) is 12.7 Å². The van der Waals surface area contributed by atoms with Gasteiger partial charge < -0.3 is 10.1 Å². The number of amides is 4. The van der Waals surface area contributed by atoms with Gasteiger partial charge in [0.15, 0.2) is 5.82 Å². The van der Waals surface area contributed by atoms with Crippen LogP contribution in [-0.2, 0) is 15.1 Å². The highest BCUT2D eigenvalue weighted by molar-refractivity contribution is 6.10. The number of carbonyl (C=O) groups is 3. The molecular formula is C22H22N6O4. The van der Waals surface area contributed by atoms with Crippen molar-refractivity contribution in [3.63, 3.8) is 0 Å². The third kappa shape index (κ3) is 3.78. The molecule has 3 N–H and O–H groups in total. The minimum Gasteiger partial charge on any atom is -0.496 e. The number of ether oxygens (including phenoxy) is 1. The quantitative estimate of drug-likeness (QED) is 0.510. The van der Waals surface area contributed by atoms with Gasteiger partial charge in [-0.05, 0) is 31.5 Å². The number of rotatable bonds is 6. The van der Waals surface area contributed by atoms with Crippen molar-refractivity contribution < 1.29 is 19.1 Å². The minimum absolute atomic E-state index is 0.0178. The first-order valence-electron chi connectivity index (χ1n) is 9.88. The maximum absolute atomic E-state index is 13.0. The van der Waals surface area contributed by atoms with Crippen LogP contribution in [0.4, 0.5) is 10.7 Å². The number of nitrogens with one attached hydrogen (secondary N) is 3. The molecule has 10 heteroatoms. The molecular weight excluding hydrogens is 412 g/mol. The number of aromatic nitrogens is 3. The van der Waals surface area contributed by atoms with Crippen LogP contribution >= 0.6 is 0 Å². The van der Waals surface area contributed by atoms with Gasteiger partial charge in [0.25, 0.3) is 5.91 Å². The molecule has 1 unspecified atom stereocenters. The molecule has 2 heterocycles. The van der Waals surface area contributed by atoms with Crippen LogP contribution in [0, 0.1) is 6.92 Å². The summed E-state index contributed by atoms with van der Waals surface area (Å²) in [6, 6.07) is 13.9. The summed E-state index contributed by atoms with van der Waals surface area (Å²) in [6.45, 7) is 3.08. The molecule has 1 aliphatic rings. The fourth-order valence-corrected chi connectivity index (χ4v) is 3.51. The molecule has 2 aromatic carbocycles. The summed E-state index contributed by atoms with van der Waals surface area (Å²) in [5.74, 6) is -0.0985. The van der Waals surface area contributed by atoms with Gasteiger partial charge in [0, 0.05) is 0 Å². The van der Waals surface area contributed by atoms with Crippen LogP contribution in [0.5, 0.6) is 5.75 Å². The maximum Gasteiger partial charge on any atom is 0.325 e. The van der Waals surface area contributed by atoms with Crippen molar-refractivity contribution in [3.05, 3.63) is 59.7 Å². The Morgan fingerprint density at radius 3 is 2.59 bits per heavy atom. The number of carbonyl (C=O) groups excluding carboxylic acids is 3. The molecule has 0 aliphatic carbocycles. The average Bonchev–Trinajstić information content (AvgIpc) is 3.32. The van der Waals surface area contributed by atoms with Gasteiger partial charge in [-0.2, -0.15) is 4.98 Å². The normalized spacial score (nSPS) is 17.9. The first-order valence-corrected chi connectivity index (χ1v) is 9.88. The second-order valence-electron chi connectivity index (χ2n) is 7.57. The SMILES string of the molecule is COc1ccccc1-c1nc(NC(=O)CN2C(=O)NC(C)(c3ccc(C)cc3)C2=O)n[nH]1. The van der Waals surface area contributed by atoms with E-state index in [1.807, 2.05) is 31.2 Å². The van der Waals surface area contributed by atoms with E-state index < -0.39 is 29.9 Å². The fraction of sp³-hybridized carbons (Fsp3) is 0.227. The molecule has 1 fully saturated rings. The zero-order chi connectivity index (χ0) is 22.9. The molecule has 0 bridgehead atoms. The molecule has 1 aliphatic heterocycles. The number of imide groups is 1. The van der Waals surface area contributed by atoms with E-state index in [1.54, 1.807) is 38.3 Å². The number of aryl methyl sites for hydroxylation is 1. The van der Waals surface area contributed by atoms with Gasteiger partial charge in [-0.15, -0.1) is 5.10 Å². The van der Waals surface area contributed by atoms with Crippen molar-refractivity contribution in [2.75, 3.05) is 19.0 Å². The Morgan fingerprint density at radius 1 is 1.16 bits per heavy atom. The summed E-state index contributed by atoms with van der Waals surface area (Å²) >= 11 is 0. The van der Waals surface area contributed by atoms with Crippen molar-refractivity contribution >= 4 is 23.8 Å². The van der Waals surface area contributed by atoms with Crippen LogP contribution < -0.4 is 15.4 Å². The van der Waals surface area contributed by atoms with Crippen molar-refractivity contribution in [1.82, 2.24) is 25.4 Å². The Hall–Kier alpha value is -4.21. The van der Waals surface area contributed by atoms with E-state index in [9.17, 15) is 14.4 Å². The van der Waals surface area contributed by atoms with Gasteiger partial charge in [0.2, 0.25) is 11.9 Å². The van der Waals surface area contributed by atoms with E-state index in [4.69, 9.17) is 4.74 Å². The van der Waals surface area contributed by atoms with Crippen LogP contribution in [0.1, 0.15) is 18.1 Å². The van der Waals surface area contributed by atoms with E-state index >= 15 is 0 Å². The predicted molar refractivity (Wildman–Crippen MR) is 116 cm³/mol. The Labute approximate surface area is 184 Å². The van der Waals surface area contributed by atoms with Crippen LogP contribution in [-0.4, -0.2) is 51.6 Å². The molecule has 1 saturated heterocycles. The van der Waals surface area contributed by atoms with Crippen molar-refractivity contribution in [3.8, 4) is 17.1 Å². The number of methoxy groups -OCH3 is 1. The summed E-state index contributed by atoms with van der Waals surface area (Å²) in [4.78, 5) is 43.1. The summed E-state index contributed by atoms with van der Waals surface area (Å²) in [6.07, 6.45) is 0. The summed E-state index contributed by atoms with van der Waals surface area (Å²) in [7, 11) is 1.54. The lowest BCUT2D eigenvalue weighted by Gasteiger charge is -2.22. The number of benzene rings is 2. The molecule has 4 amide bonds. The molecule has 1 atom stereocenters. The number of hydrogen-bond donors (Lipinski definition) is 3. The Kier molecular flexibility index (Phi) is 5.35. The van der Waals surface area contributed by atoms with Crippen LogP contribution in [0.3, 0.4) is 0 Å². The number of nitrogens with zero attached hydrogens (tertiary/aromatic N) is 3.